The van der Waals surface area contributed by atoms with E-state index < -0.39 is 0 Å². The number of hydrogen-bond donors (Lipinski definition) is 0. The number of rotatable bonds is 0. The average molecular weight is 182 g/mol. The fourth-order valence-corrected chi connectivity index (χ4v) is 0.913. The first-order valence-electron chi connectivity index (χ1n) is 1.21. The van der Waals surface area contributed by atoms with Crippen LogP contribution >= 0.6 is 0 Å². The normalized spacial score (nSPS) is 8.00. The van der Waals surface area contributed by atoms with E-state index in [9.17, 15) is 0 Å². The van der Waals surface area contributed by atoms with Crippen LogP contribution in [-0.4, -0.2) is 27.4 Å². The number of hydrogen-bond acceptors (Lipinski definition) is 2. The summed E-state index contributed by atoms with van der Waals surface area (Å²) < 4.78 is 7.73. The summed E-state index contributed by atoms with van der Waals surface area (Å²) in [6.45, 7) is 0. The summed E-state index contributed by atoms with van der Waals surface area (Å²) >= 11 is -0.257. The van der Waals surface area contributed by atoms with Gasteiger partial charge in [-0.1, -0.05) is 0 Å². The summed E-state index contributed by atoms with van der Waals surface area (Å²) in [5, 5.41) is 0. The van der Waals surface area contributed by atoms with Gasteiger partial charge in [-0.25, -0.2) is 0 Å². The van der Waals surface area contributed by atoms with Crippen LogP contribution in [0.15, 0.2) is 12.4 Å². The van der Waals surface area contributed by atoms with Gasteiger partial charge in [-0.05, 0) is 0 Å². The first kappa shape index (κ1) is 3.32. The Balaban J connectivity index is 3.13. The van der Waals surface area contributed by atoms with Crippen LogP contribution in [0.1, 0.15) is 0 Å². The molecule has 0 fully saturated rings. The van der Waals surface area contributed by atoms with Crippen LogP contribution in [0, 0.1) is 0 Å². The molecule has 0 amide bonds. The molecule has 0 aromatic carbocycles. The second kappa shape index (κ2) is 1.54. The van der Waals surface area contributed by atoms with Gasteiger partial charge in [0.05, 0.1) is 0 Å². The van der Waals surface area contributed by atoms with Crippen LogP contribution < -0.4 is 0 Å². The Morgan fingerprint density at radius 1 is 1.20 bits per heavy atom. The molecule has 0 aliphatic carbocycles. The van der Waals surface area contributed by atoms with E-state index in [1.54, 1.807) is 12.4 Å². The zero-order chi connectivity index (χ0) is 3.54. The Morgan fingerprint density at radius 3 is 2.00 bits per heavy atom. The van der Waals surface area contributed by atoms with Crippen molar-refractivity contribution in [1.29, 1.82) is 0 Å². The molecule has 3 heteroatoms. The fourth-order valence-electron chi connectivity index (χ4n) is 0.136. The molecule has 5 heavy (non-hydrogen) atoms. The zero-order valence-corrected chi connectivity index (χ0v) is 4.79. The summed E-state index contributed by atoms with van der Waals surface area (Å²) in [7, 11) is 0. The molecule has 0 unspecified atom stereocenters. The molecule has 0 N–H and O–H groups in total. The van der Waals surface area contributed by atoms with Gasteiger partial charge in [0.15, 0.2) is 0 Å². The molecule has 0 saturated heterocycles. The average Bonchev–Trinajstić information content (AvgIpc) is 1.76. The fraction of sp³-hybridized carbons (Fsp3) is 0. The van der Waals surface area contributed by atoms with Crippen LogP contribution in [0.2, 0.25) is 0 Å². The van der Waals surface area contributed by atoms with Crippen molar-refractivity contribution in [2.24, 2.45) is 0 Å². The molecular formula is C2H2N2Te. The Hall–Kier alpha value is 0.130. The van der Waals surface area contributed by atoms with E-state index in [1.165, 1.54) is 0 Å². The van der Waals surface area contributed by atoms with Crippen LogP contribution in [0.25, 0.3) is 0 Å². The monoisotopic (exact) mass is 184 g/mol. The summed E-state index contributed by atoms with van der Waals surface area (Å²) in [4.78, 5) is 0. The van der Waals surface area contributed by atoms with E-state index in [0.717, 1.165) is 0 Å². The van der Waals surface area contributed by atoms with Crippen molar-refractivity contribution in [2.75, 3.05) is 0 Å². The third-order valence-electron chi connectivity index (χ3n) is 0.283. The Labute approximate surface area is 40.2 Å². The van der Waals surface area contributed by atoms with Crippen molar-refractivity contribution in [3.05, 3.63) is 12.4 Å². The van der Waals surface area contributed by atoms with Gasteiger partial charge >= 0.3 is 39.8 Å². The maximum absolute atomic E-state index is 3.87. The van der Waals surface area contributed by atoms with Gasteiger partial charge in [0.1, 0.15) is 0 Å². The minimum absolute atomic E-state index is 0.257. The standard InChI is InChI=1S/C2H2N2Te/c1-2-4-5-3-1/h1-2H. The SMILES string of the molecule is c1cn[te]n1. The maximum atomic E-state index is 3.87. The van der Waals surface area contributed by atoms with Gasteiger partial charge in [-0.2, -0.15) is 0 Å². The van der Waals surface area contributed by atoms with Crippen LogP contribution in [0.5, 0.6) is 0 Å². The van der Waals surface area contributed by atoms with E-state index >= 15 is 0 Å². The Morgan fingerprint density at radius 2 is 1.80 bits per heavy atom. The van der Waals surface area contributed by atoms with E-state index in [0.29, 0.717) is 0 Å². The van der Waals surface area contributed by atoms with E-state index in [4.69, 9.17) is 0 Å². The van der Waals surface area contributed by atoms with Gasteiger partial charge in [-0.3, -0.25) is 0 Å². The predicted molar refractivity (Wildman–Crippen MR) is 19.0 cm³/mol. The number of aromatic nitrogens is 2. The van der Waals surface area contributed by atoms with Crippen LogP contribution in [0.4, 0.5) is 0 Å². The zero-order valence-electron chi connectivity index (χ0n) is 2.46. The van der Waals surface area contributed by atoms with Crippen LogP contribution in [-0.2, 0) is 0 Å². The van der Waals surface area contributed by atoms with Crippen molar-refractivity contribution in [2.45, 2.75) is 0 Å². The van der Waals surface area contributed by atoms with Crippen molar-refractivity contribution in [3.63, 3.8) is 0 Å². The first-order valence-corrected chi connectivity index (χ1v) is 3.30. The third kappa shape index (κ3) is 0.712. The second-order valence-corrected chi connectivity index (χ2v) is 2.26. The van der Waals surface area contributed by atoms with Gasteiger partial charge in [0, 0.05) is 0 Å². The molecule has 0 radical (unpaired) electrons. The van der Waals surface area contributed by atoms with Gasteiger partial charge in [0.2, 0.25) is 0 Å². The minimum atomic E-state index is -0.257. The Bertz CT molecular complexity index is 64.1. The molecule has 26 valence electrons. The molecule has 0 aliphatic heterocycles. The topological polar surface area (TPSA) is 25.8 Å². The van der Waals surface area contributed by atoms with Crippen molar-refractivity contribution >= 4 is 21.0 Å². The van der Waals surface area contributed by atoms with Gasteiger partial charge in [0.25, 0.3) is 0 Å². The van der Waals surface area contributed by atoms with Crippen LogP contribution in [0.3, 0.4) is 0 Å². The van der Waals surface area contributed by atoms with E-state index in [-0.39, 0.29) is 21.0 Å². The molecule has 1 rings (SSSR count). The molecule has 2 nitrogen and oxygen atoms in total. The molecular weight excluding hydrogens is 180 g/mol. The molecule has 0 atom stereocenters. The molecule has 1 heterocycles. The molecule has 1 aromatic rings. The number of nitrogens with zero attached hydrogens (tertiary/aromatic N) is 2. The second-order valence-electron chi connectivity index (χ2n) is 0.591. The summed E-state index contributed by atoms with van der Waals surface area (Å²) in [5.74, 6) is 0. The van der Waals surface area contributed by atoms with E-state index in [2.05, 4.69) is 6.41 Å². The molecule has 1 aromatic heterocycles. The van der Waals surface area contributed by atoms with E-state index in [1.807, 2.05) is 0 Å². The van der Waals surface area contributed by atoms with Gasteiger partial charge < -0.3 is 0 Å². The van der Waals surface area contributed by atoms with Crippen molar-refractivity contribution < 1.29 is 0 Å². The molecule has 0 saturated carbocycles. The first-order chi connectivity index (χ1) is 2.50. The van der Waals surface area contributed by atoms with Gasteiger partial charge in [-0.15, -0.1) is 0 Å². The molecule has 0 aliphatic rings. The molecule has 0 spiro atoms. The Kier molecular flexibility index (Phi) is 1.02. The summed E-state index contributed by atoms with van der Waals surface area (Å²) in [6.07, 6.45) is 3.50. The van der Waals surface area contributed by atoms with Crippen molar-refractivity contribution in [1.82, 2.24) is 6.41 Å². The summed E-state index contributed by atoms with van der Waals surface area (Å²) in [5.41, 5.74) is 0. The summed E-state index contributed by atoms with van der Waals surface area (Å²) in [6, 6.07) is 0. The third-order valence-corrected chi connectivity index (χ3v) is 1.52. The quantitative estimate of drug-likeness (QED) is 0.506. The predicted octanol–water partition coefficient (Wildman–Crippen LogP) is -0.466. The molecule has 0 bridgehead atoms. The van der Waals surface area contributed by atoms with Crippen molar-refractivity contribution in [3.8, 4) is 0 Å².